The third kappa shape index (κ3) is 1.79. The highest BCUT2D eigenvalue weighted by Gasteiger charge is 2.41. The van der Waals surface area contributed by atoms with Gasteiger partial charge in [-0.2, -0.15) is 0 Å². The first-order valence-corrected chi connectivity index (χ1v) is 6.51. The largest absolute Gasteiger partial charge is 0.449 e. The Hall–Kier alpha value is -0.770. The van der Waals surface area contributed by atoms with Gasteiger partial charge < -0.3 is 15.0 Å². The molecule has 0 radical (unpaired) electrons. The van der Waals surface area contributed by atoms with E-state index in [9.17, 15) is 4.79 Å². The molecule has 3 atom stereocenters. The molecule has 0 bridgehead atoms. The van der Waals surface area contributed by atoms with Crippen LogP contribution in [0.4, 0.5) is 4.79 Å². The lowest BCUT2D eigenvalue weighted by atomic mass is 10.0. The number of hydrogen-bond acceptors (Lipinski definition) is 3. The summed E-state index contributed by atoms with van der Waals surface area (Å²) >= 11 is 0. The molecule has 1 N–H and O–H groups in total. The van der Waals surface area contributed by atoms with Crippen molar-refractivity contribution in [2.45, 2.75) is 44.2 Å². The van der Waals surface area contributed by atoms with Crippen molar-refractivity contribution in [3.8, 4) is 0 Å². The number of fused-ring (bicyclic) bond motifs is 1. The number of rotatable bonds is 2. The van der Waals surface area contributed by atoms with Gasteiger partial charge in [-0.15, -0.1) is 0 Å². The van der Waals surface area contributed by atoms with Gasteiger partial charge in [0.25, 0.3) is 0 Å². The standard InChI is InChI=1S/C12H20N2O2/c15-12-14(7-10-4-2-6-13-10)11-5-1-3-9(11)8-16-12/h9-11,13H,1-8H2. The molecule has 1 saturated carbocycles. The first-order valence-electron chi connectivity index (χ1n) is 6.51. The third-order valence-corrected chi connectivity index (χ3v) is 4.25. The van der Waals surface area contributed by atoms with Crippen molar-refractivity contribution in [2.75, 3.05) is 19.7 Å². The van der Waals surface area contributed by atoms with Crippen LogP contribution in [0.2, 0.25) is 0 Å². The highest BCUT2D eigenvalue weighted by Crippen LogP contribution is 2.34. The lowest BCUT2D eigenvalue weighted by molar-refractivity contribution is 0.0158. The van der Waals surface area contributed by atoms with Gasteiger partial charge in [0.05, 0.1) is 6.61 Å². The predicted octanol–water partition coefficient (Wildman–Crippen LogP) is 1.36. The highest BCUT2D eigenvalue weighted by atomic mass is 16.6. The molecule has 0 aromatic heterocycles. The molecule has 2 saturated heterocycles. The quantitative estimate of drug-likeness (QED) is 0.770. The summed E-state index contributed by atoms with van der Waals surface area (Å²) in [6.07, 6.45) is 6.00. The van der Waals surface area contributed by atoms with E-state index >= 15 is 0 Å². The average molecular weight is 224 g/mol. The smallest absolute Gasteiger partial charge is 0.410 e. The Morgan fingerprint density at radius 1 is 1.31 bits per heavy atom. The maximum absolute atomic E-state index is 11.8. The summed E-state index contributed by atoms with van der Waals surface area (Å²) in [6.45, 7) is 2.60. The van der Waals surface area contributed by atoms with Gasteiger partial charge in [-0.1, -0.05) is 6.42 Å². The molecule has 3 fully saturated rings. The van der Waals surface area contributed by atoms with Crippen molar-refractivity contribution in [2.24, 2.45) is 5.92 Å². The van der Waals surface area contributed by atoms with Crippen LogP contribution in [-0.4, -0.2) is 42.8 Å². The molecule has 0 aromatic carbocycles. The number of nitrogens with zero attached hydrogens (tertiary/aromatic N) is 1. The Morgan fingerprint density at radius 2 is 2.25 bits per heavy atom. The van der Waals surface area contributed by atoms with Crippen LogP contribution in [0.3, 0.4) is 0 Å². The molecule has 4 heteroatoms. The summed E-state index contributed by atoms with van der Waals surface area (Å²) in [4.78, 5) is 13.8. The number of carbonyl (C=O) groups excluding carboxylic acids is 1. The minimum absolute atomic E-state index is 0.0863. The van der Waals surface area contributed by atoms with E-state index in [4.69, 9.17) is 4.74 Å². The Kier molecular flexibility index (Phi) is 2.75. The van der Waals surface area contributed by atoms with Gasteiger partial charge in [-0.05, 0) is 32.2 Å². The number of nitrogens with one attached hydrogen (secondary N) is 1. The molecule has 3 unspecified atom stereocenters. The van der Waals surface area contributed by atoms with E-state index in [0.29, 0.717) is 24.6 Å². The number of hydrogen-bond donors (Lipinski definition) is 1. The van der Waals surface area contributed by atoms with Gasteiger partial charge in [0.1, 0.15) is 0 Å². The van der Waals surface area contributed by atoms with Crippen molar-refractivity contribution in [1.29, 1.82) is 0 Å². The topological polar surface area (TPSA) is 41.6 Å². The zero-order chi connectivity index (χ0) is 11.0. The minimum atomic E-state index is -0.0863. The highest BCUT2D eigenvalue weighted by molar-refractivity contribution is 5.69. The van der Waals surface area contributed by atoms with E-state index in [1.165, 1.54) is 32.1 Å². The fourth-order valence-electron chi connectivity index (χ4n) is 3.38. The normalized spacial score (nSPS) is 38.6. The summed E-state index contributed by atoms with van der Waals surface area (Å²) in [5.74, 6) is 0.596. The second-order valence-corrected chi connectivity index (χ2v) is 5.28. The van der Waals surface area contributed by atoms with Crippen LogP contribution in [0.25, 0.3) is 0 Å². The molecule has 16 heavy (non-hydrogen) atoms. The van der Waals surface area contributed by atoms with Gasteiger partial charge in [-0.3, -0.25) is 0 Å². The average Bonchev–Trinajstić information content (AvgIpc) is 2.92. The molecule has 3 rings (SSSR count). The van der Waals surface area contributed by atoms with E-state index < -0.39 is 0 Å². The summed E-state index contributed by atoms with van der Waals surface area (Å²) in [6, 6.07) is 0.954. The Labute approximate surface area is 96.3 Å². The second kappa shape index (κ2) is 4.24. The van der Waals surface area contributed by atoms with Crippen LogP contribution in [0.1, 0.15) is 32.1 Å². The number of carbonyl (C=O) groups is 1. The molecule has 2 heterocycles. The van der Waals surface area contributed by atoms with Crippen molar-refractivity contribution in [1.82, 2.24) is 10.2 Å². The monoisotopic (exact) mass is 224 g/mol. The van der Waals surface area contributed by atoms with Crippen LogP contribution >= 0.6 is 0 Å². The molecular formula is C12H20N2O2. The van der Waals surface area contributed by atoms with Crippen LogP contribution < -0.4 is 5.32 Å². The summed E-state index contributed by atoms with van der Waals surface area (Å²) < 4.78 is 5.27. The Bertz CT molecular complexity index is 276. The molecule has 0 spiro atoms. The van der Waals surface area contributed by atoms with Crippen molar-refractivity contribution in [3.63, 3.8) is 0 Å². The summed E-state index contributed by atoms with van der Waals surface area (Å²) in [5, 5.41) is 3.45. The SMILES string of the molecule is O=C1OCC2CCCC2N1CC1CCCN1. The Morgan fingerprint density at radius 3 is 3.06 bits per heavy atom. The van der Waals surface area contributed by atoms with Gasteiger partial charge >= 0.3 is 6.09 Å². The maximum Gasteiger partial charge on any atom is 0.410 e. The first-order chi connectivity index (χ1) is 7.84. The van der Waals surface area contributed by atoms with Crippen LogP contribution in [0.5, 0.6) is 0 Å². The molecule has 4 nitrogen and oxygen atoms in total. The summed E-state index contributed by atoms with van der Waals surface area (Å²) in [5.41, 5.74) is 0. The van der Waals surface area contributed by atoms with E-state index in [-0.39, 0.29) is 6.09 Å². The van der Waals surface area contributed by atoms with Gasteiger partial charge in [-0.25, -0.2) is 4.79 Å². The molecule has 1 amide bonds. The van der Waals surface area contributed by atoms with E-state index in [1.54, 1.807) is 0 Å². The minimum Gasteiger partial charge on any atom is -0.449 e. The lowest BCUT2D eigenvalue weighted by Crippen LogP contribution is -2.52. The van der Waals surface area contributed by atoms with Crippen LogP contribution in [0.15, 0.2) is 0 Å². The first kappa shape index (κ1) is 10.4. The van der Waals surface area contributed by atoms with Crippen molar-refractivity contribution >= 4 is 6.09 Å². The van der Waals surface area contributed by atoms with Crippen LogP contribution in [0, 0.1) is 5.92 Å². The van der Waals surface area contributed by atoms with E-state index in [0.717, 1.165) is 13.1 Å². The molecular weight excluding hydrogens is 204 g/mol. The number of amides is 1. The summed E-state index contributed by atoms with van der Waals surface area (Å²) in [7, 11) is 0. The predicted molar refractivity (Wildman–Crippen MR) is 60.2 cm³/mol. The van der Waals surface area contributed by atoms with Crippen LogP contribution in [-0.2, 0) is 4.74 Å². The number of ether oxygens (including phenoxy) is 1. The van der Waals surface area contributed by atoms with E-state index in [1.807, 2.05) is 4.90 Å². The van der Waals surface area contributed by atoms with E-state index in [2.05, 4.69) is 5.32 Å². The molecule has 90 valence electrons. The van der Waals surface area contributed by atoms with Gasteiger partial charge in [0.2, 0.25) is 0 Å². The Balaban J connectivity index is 1.67. The maximum atomic E-state index is 11.8. The third-order valence-electron chi connectivity index (χ3n) is 4.25. The molecule has 2 aliphatic heterocycles. The lowest BCUT2D eigenvalue weighted by Gasteiger charge is -2.38. The van der Waals surface area contributed by atoms with Crippen molar-refractivity contribution < 1.29 is 9.53 Å². The molecule has 0 aromatic rings. The zero-order valence-electron chi connectivity index (χ0n) is 9.65. The van der Waals surface area contributed by atoms with Gasteiger partial charge in [0, 0.05) is 24.5 Å². The second-order valence-electron chi connectivity index (χ2n) is 5.28. The zero-order valence-corrected chi connectivity index (χ0v) is 9.65. The molecule has 3 aliphatic rings. The molecule has 1 aliphatic carbocycles. The van der Waals surface area contributed by atoms with Crippen molar-refractivity contribution in [3.05, 3.63) is 0 Å². The van der Waals surface area contributed by atoms with Gasteiger partial charge in [0.15, 0.2) is 0 Å². The fraction of sp³-hybridized carbons (Fsp3) is 0.917. The number of cyclic esters (lactones) is 1. The fourth-order valence-corrected chi connectivity index (χ4v) is 3.38.